The Labute approximate surface area is 137 Å². The summed E-state index contributed by atoms with van der Waals surface area (Å²) in [5, 5.41) is 11.9. The standard InChI is InChI=1S/C18H25N3O2/c1-17(2,3)21-14-5-8-18(4,16(22)23)11-13(14)15(20-21)12-6-9-19-10-7-12/h6-7,9-10,15,20H,5,8,11H2,1-4H3,(H,22,23). The molecule has 2 unspecified atom stereocenters. The van der Waals surface area contributed by atoms with Crippen LogP contribution in [0.5, 0.6) is 0 Å². The van der Waals surface area contributed by atoms with Crippen LogP contribution in [0.2, 0.25) is 0 Å². The highest BCUT2D eigenvalue weighted by Gasteiger charge is 2.46. The first-order chi connectivity index (χ1) is 10.7. The van der Waals surface area contributed by atoms with Gasteiger partial charge in [0.1, 0.15) is 0 Å². The number of nitrogens with one attached hydrogen (secondary N) is 1. The third kappa shape index (κ3) is 2.74. The zero-order valence-corrected chi connectivity index (χ0v) is 14.3. The Morgan fingerprint density at radius 3 is 2.61 bits per heavy atom. The predicted molar refractivity (Wildman–Crippen MR) is 88.3 cm³/mol. The van der Waals surface area contributed by atoms with E-state index >= 15 is 0 Å². The fraction of sp³-hybridized carbons (Fsp3) is 0.556. The summed E-state index contributed by atoms with van der Waals surface area (Å²) in [5.41, 5.74) is 6.47. The van der Waals surface area contributed by atoms with Crippen molar-refractivity contribution in [3.8, 4) is 0 Å². The van der Waals surface area contributed by atoms with E-state index in [1.54, 1.807) is 12.4 Å². The van der Waals surface area contributed by atoms with Gasteiger partial charge in [-0.1, -0.05) is 0 Å². The molecule has 1 aliphatic heterocycles. The van der Waals surface area contributed by atoms with Crippen molar-refractivity contribution < 1.29 is 9.90 Å². The second-order valence-corrected chi connectivity index (χ2v) is 7.86. The maximum atomic E-state index is 11.7. The van der Waals surface area contributed by atoms with Gasteiger partial charge in [0, 0.05) is 23.6 Å². The SMILES string of the molecule is CC1(C(=O)O)CCC2=C(C1)C(c1ccncc1)NN2C(C)(C)C. The van der Waals surface area contributed by atoms with Crippen LogP contribution < -0.4 is 5.43 Å². The Balaban J connectivity index is 2.03. The number of nitrogens with zero attached hydrogens (tertiary/aromatic N) is 2. The first-order valence-corrected chi connectivity index (χ1v) is 8.14. The molecule has 0 saturated carbocycles. The van der Waals surface area contributed by atoms with Gasteiger partial charge in [0.25, 0.3) is 0 Å². The Bertz CT molecular complexity index is 648. The van der Waals surface area contributed by atoms with Gasteiger partial charge in [-0.05, 0) is 70.2 Å². The molecule has 124 valence electrons. The van der Waals surface area contributed by atoms with Crippen LogP contribution in [0.25, 0.3) is 0 Å². The number of rotatable bonds is 2. The minimum Gasteiger partial charge on any atom is -0.481 e. The third-order valence-corrected chi connectivity index (χ3v) is 4.97. The van der Waals surface area contributed by atoms with Crippen molar-refractivity contribution in [3.05, 3.63) is 41.4 Å². The molecule has 5 heteroatoms. The van der Waals surface area contributed by atoms with Gasteiger partial charge in [-0.3, -0.25) is 9.78 Å². The van der Waals surface area contributed by atoms with E-state index in [0.29, 0.717) is 12.8 Å². The second-order valence-electron chi connectivity index (χ2n) is 7.86. The van der Waals surface area contributed by atoms with Gasteiger partial charge >= 0.3 is 5.97 Å². The molecule has 0 fully saturated rings. The Hall–Kier alpha value is -1.88. The third-order valence-electron chi connectivity index (χ3n) is 4.97. The number of carbonyl (C=O) groups is 1. The Kier molecular flexibility index (Phi) is 3.71. The lowest BCUT2D eigenvalue weighted by Crippen LogP contribution is -2.47. The number of hydrogen-bond acceptors (Lipinski definition) is 4. The summed E-state index contributed by atoms with van der Waals surface area (Å²) in [5.74, 6) is -0.702. The van der Waals surface area contributed by atoms with Crippen molar-refractivity contribution in [3.63, 3.8) is 0 Å². The van der Waals surface area contributed by atoms with Crippen LogP contribution in [0.4, 0.5) is 0 Å². The largest absolute Gasteiger partial charge is 0.481 e. The summed E-state index contributed by atoms with van der Waals surface area (Å²) in [4.78, 5) is 15.8. The summed E-state index contributed by atoms with van der Waals surface area (Å²) >= 11 is 0. The average Bonchev–Trinajstić information content (AvgIpc) is 2.86. The quantitative estimate of drug-likeness (QED) is 0.877. The molecule has 2 aliphatic rings. The molecule has 3 rings (SSSR count). The predicted octanol–water partition coefficient (Wildman–Crippen LogP) is 3.27. The lowest BCUT2D eigenvalue weighted by atomic mass is 9.72. The number of carboxylic acid groups (broad SMARTS) is 1. The van der Waals surface area contributed by atoms with Crippen LogP contribution in [0.3, 0.4) is 0 Å². The molecular weight excluding hydrogens is 290 g/mol. The van der Waals surface area contributed by atoms with Crippen LogP contribution in [0.15, 0.2) is 35.8 Å². The van der Waals surface area contributed by atoms with Crippen LogP contribution in [0, 0.1) is 5.41 Å². The topological polar surface area (TPSA) is 65.5 Å². The van der Waals surface area contributed by atoms with E-state index in [4.69, 9.17) is 0 Å². The summed E-state index contributed by atoms with van der Waals surface area (Å²) < 4.78 is 0. The number of carboxylic acids is 1. The number of allylic oxidation sites excluding steroid dienone is 1. The average molecular weight is 315 g/mol. The summed E-state index contributed by atoms with van der Waals surface area (Å²) in [7, 11) is 0. The highest BCUT2D eigenvalue weighted by atomic mass is 16.4. The molecule has 1 aromatic rings. The van der Waals surface area contributed by atoms with Crippen LogP contribution in [-0.2, 0) is 4.79 Å². The molecular formula is C18H25N3O2. The van der Waals surface area contributed by atoms with E-state index in [0.717, 1.165) is 12.0 Å². The minimum absolute atomic E-state index is 0.0335. The maximum Gasteiger partial charge on any atom is 0.309 e. The zero-order valence-electron chi connectivity index (χ0n) is 14.3. The van der Waals surface area contributed by atoms with Gasteiger partial charge in [-0.25, -0.2) is 5.43 Å². The van der Waals surface area contributed by atoms with Crippen molar-refractivity contribution in [1.82, 2.24) is 15.4 Å². The monoisotopic (exact) mass is 315 g/mol. The van der Waals surface area contributed by atoms with E-state index < -0.39 is 11.4 Å². The van der Waals surface area contributed by atoms with Gasteiger partial charge < -0.3 is 10.1 Å². The van der Waals surface area contributed by atoms with E-state index in [1.807, 2.05) is 19.1 Å². The lowest BCUT2D eigenvalue weighted by molar-refractivity contribution is -0.148. The zero-order chi connectivity index (χ0) is 16.8. The van der Waals surface area contributed by atoms with E-state index in [-0.39, 0.29) is 11.6 Å². The smallest absolute Gasteiger partial charge is 0.309 e. The highest BCUT2D eigenvalue weighted by Crippen LogP contribution is 2.49. The molecule has 0 saturated heterocycles. The maximum absolute atomic E-state index is 11.7. The van der Waals surface area contributed by atoms with Crippen LogP contribution in [-0.4, -0.2) is 26.6 Å². The molecule has 0 radical (unpaired) electrons. The lowest BCUT2D eigenvalue weighted by Gasteiger charge is -2.38. The number of aliphatic carboxylic acids is 1. The van der Waals surface area contributed by atoms with Crippen LogP contribution in [0.1, 0.15) is 58.6 Å². The fourth-order valence-electron chi connectivity index (χ4n) is 3.59. The van der Waals surface area contributed by atoms with Gasteiger partial charge in [0.05, 0.1) is 11.5 Å². The van der Waals surface area contributed by atoms with Gasteiger partial charge in [0.2, 0.25) is 0 Å². The number of pyridine rings is 1. The van der Waals surface area contributed by atoms with E-state index in [9.17, 15) is 9.90 Å². The molecule has 1 aliphatic carbocycles. The van der Waals surface area contributed by atoms with Crippen molar-refractivity contribution >= 4 is 5.97 Å². The summed E-state index contributed by atoms with van der Waals surface area (Å²) in [6, 6.07) is 4.04. The first kappa shape index (κ1) is 16.0. The Morgan fingerprint density at radius 1 is 1.39 bits per heavy atom. The molecule has 2 heterocycles. The van der Waals surface area contributed by atoms with E-state index in [1.165, 1.54) is 11.3 Å². The van der Waals surface area contributed by atoms with Crippen molar-refractivity contribution in [2.75, 3.05) is 0 Å². The van der Waals surface area contributed by atoms with Gasteiger partial charge in [0.15, 0.2) is 0 Å². The first-order valence-electron chi connectivity index (χ1n) is 8.14. The van der Waals surface area contributed by atoms with Crippen molar-refractivity contribution in [2.24, 2.45) is 5.41 Å². The molecule has 2 N–H and O–H groups in total. The van der Waals surface area contributed by atoms with Gasteiger partial charge in [-0.15, -0.1) is 0 Å². The number of aromatic nitrogens is 1. The summed E-state index contributed by atoms with van der Waals surface area (Å²) in [6.07, 6.45) is 5.64. The van der Waals surface area contributed by atoms with E-state index in [2.05, 4.69) is 36.2 Å². The molecule has 0 aromatic carbocycles. The molecule has 1 aromatic heterocycles. The minimum atomic E-state index is -0.702. The molecule has 0 spiro atoms. The molecule has 0 amide bonds. The molecule has 0 bridgehead atoms. The number of hydrazine groups is 1. The van der Waals surface area contributed by atoms with Crippen LogP contribution >= 0.6 is 0 Å². The Morgan fingerprint density at radius 2 is 2.04 bits per heavy atom. The fourth-order valence-corrected chi connectivity index (χ4v) is 3.59. The highest BCUT2D eigenvalue weighted by molar-refractivity contribution is 5.75. The second kappa shape index (κ2) is 5.34. The van der Waals surface area contributed by atoms with Crippen molar-refractivity contribution in [1.29, 1.82) is 0 Å². The summed E-state index contributed by atoms with van der Waals surface area (Å²) in [6.45, 7) is 8.38. The normalized spacial score (nSPS) is 28.0. The molecule has 2 atom stereocenters. The van der Waals surface area contributed by atoms with Crippen molar-refractivity contribution in [2.45, 2.75) is 58.5 Å². The van der Waals surface area contributed by atoms with Gasteiger partial charge in [-0.2, -0.15) is 0 Å². The molecule has 5 nitrogen and oxygen atoms in total. The number of hydrogen-bond donors (Lipinski definition) is 2. The molecule has 23 heavy (non-hydrogen) atoms.